The molecule has 0 aliphatic rings. The molecule has 0 saturated carbocycles. The van der Waals surface area contributed by atoms with Crippen LogP contribution in [0.1, 0.15) is 23.1 Å². The van der Waals surface area contributed by atoms with E-state index in [1.54, 1.807) is 0 Å². The van der Waals surface area contributed by atoms with Crippen LogP contribution in [0.25, 0.3) is 0 Å². The van der Waals surface area contributed by atoms with E-state index in [2.05, 4.69) is 10.6 Å². The molecule has 0 heterocycles. The lowest BCUT2D eigenvalue weighted by Gasteiger charge is -2.08. The summed E-state index contributed by atoms with van der Waals surface area (Å²) in [5.74, 6) is -0.996. The normalized spacial score (nSPS) is 11.6. The van der Waals surface area contributed by atoms with Gasteiger partial charge in [0.1, 0.15) is 11.5 Å². The lowest BCUT2D eigenvalue weighted by atomic mass is 10.1. The van der Waals surface area contributed by atoms with E-state index in [1.165, 1.54) is 5.56 Å². The molecule has 2 amide bonds. The fraction of sp³-hybridized carbons (Fsp3) is 0.333. The third kappa shape index (κ3) is 7.74. The van der Waals surface area contributed by atoms with Gasteiger partial charge < -0.3 is 10.6 Å². The zero-order valence-corrected chi connectivity index (χ0v) is 16.6. The number of hydrogen-bond acceptors (Lipinski definition) is 3. The molecule has 0 radical (unpaired) electrons. The largest absolute Gasteiger partial charge is 0.355 e. The third-order valence-electron chi connectivity index (χ3n) is 4.18. The lowest BCUT2D eigenvalue weighted by molar-refractivity contribution is -0.118. The molecule has 1 atom stereocenters. The number of carbonyl (C=O) groups excluding carboxylic acids is 2. The Labute approximate surface area is 163 Å². The molecule has 2 rings (SSSR count). The molecule has 0 unspecified atom stereocenters. The van der Waals surface area contributed by atoms with E-state index in [-0.39, 0.29) is 23.3 Å². The maximum Gasteiger partial charge on any atom is 0.237 e. The summed E-state index contributed by atoms with van der Waals surface area (Å²) in [5, 5.41) is 5.48. The summed E-state index contributed by atoms with van der Waals surface area (Å²) in [7, 11) is -1.53. The number of carbonyl (C=O) groups is 2. The molecule has 144 valence electrons. The molecule has 5 nitrogen and oxygen atoms in total. The second-order valence-electron chi connectivity index (χ2n) is 6.51. The highest BCUT2D eigenvalue weighted by Gasteiger charge is 2.12. The van der Waals surface area contributed by atoms with Crippen molar-refractivity contribution in [2.45, 2.75) is 26.7 Å². The summed E-state index contributed by atoms with van der Waals surface area (Å²) in [5.41, 5.74) is 4.10. The van der Waals surface area contributed by atoms with Crippen LogP contribution in [0.5, 0.6) is 0 Å². The first-order valence-electron chi connectivity index (χ1n) is 8.97. The standard InChI is InChI=1S/C21H26N2O3S/c1-16-10-11-19(13-17(16)2)23-21(25)15-27(26)14-20(24)22-12-6-9-18-7-4-3-5-8-18/h3-5,7-8,10-11,13H,6,9,12,14-15H2,1-2H3,(H,22,24)(H,23,25)/t27-/m1/s1. The first kappa shape index (κ1) is 20.8. The number of benzene rings is 2. The van der Waals surface area contributed by atoms with Crippen LogP contribution in [0.15, 0.2) is 48.5 Å². The average molecular weight is 387 g/mol. The van der Waals surface area contributed by atoms with E-state index in [0.29, 0.717) is 12.2 Å². The number of anilines is 1. The number of aryl methyl sites for hydroxylation is 3. The monoisotopic (exact) mass is 386 g/mol. The lowest BCUT2D eigenvalue weighted by Crippen LogP contribution is -2.32. The van der Waals surface area contributed by atoms with Gasteiger partial charge in [-0.3, -0.25) is 13.8 Å². The second-order valence-corrected chi connectivity index (χ2v) is 7.97. The molecule has 0 aliphatic heterocycles. The fourth-order valence-corrected chi connectivity index (χ4v) is 3.44. The van der Waals surface area contributed by atoms with Gasteiger partial charge in [-0.05, 0) is 55.5 Å². The first-order valence-corrected chi connectivity index (χ1v) is 10.5. The summed E-state index contributed by atoms with van der Waals surface area (Å²) in [6.45, 7) is 4.49. The van der Waals surface area contributed by atoms with Crippen LogP contribution in [0.2, 0.25) is 0 Å². The van der Waals surface area contributed by atoms with E-state index >= 15 is 0 Å². The highest BCUT2D eigenvalue weighted by molar-refractivity contribution is 7.86. The van der Waals surface area contributed by atoms with Crippen molar-refractivity contribution in [3.05, 3.63) is 65.2 Å². The van der Waals surface area contributed by atoms with Gasteiger partial charge in [-0.2, -0.15) is 0 Å². The predicted molar refractivity (Wildman–Crippen MR) is 110 cm³/mol. The van der Waals surface area contributed by atoms with E-state index in [1.807, 2.05) is 62.4 Å². The van der Waals surface area contributed by atoms with Crippen molar-refractivity contribution in [2.24, 2.45) is 0 Å². The smallest absolute Gasteiger partial charge is 0.237 e. The first-order chi connectivity index (χ1) is 12.9. The zero-order valence-electron chi connectivity index (χ0n) is 15.8. The van der Waals surface area contributed by atoms with Crippen LogP contribution < -0.4 is 10.6 Å². The van der Waals surface area contributed by atoms with Gasteiger partial charge in [0.05, 0.1) is 0 Å². The van der Waals surface area contributed by atoms with Gasteiger partial charge >= 0.3 is 0 Å². The van der Waals surface area contributed by atoms with Crippen molar-refractivity contribution < 1.29 is 13.8 Å². The summed E-state index contributed by atoms with van der Waals surface area (Å²) < 4.78 is 12.0. The van der Waals surface area contributed by atoms with Crippen molar-refractivity contribution in [3.8, 4) is 0 Å². The number of amides is 2. The number of hydrogen-bond donors (Lipinski definition) is 2. The van der Waals surface area contributed by atoms with Crippen molar-refractivity contribution in [3.63, 3.8) is 0 Å². The predicted octanol–water partition coefficient (Wildman–Crippen LogP) is 2.74. The van der Waals surface area contributed by atoms with Gasteiger partial charge in [-0.1, -0.05) is 36.4 Å². The SMILES string of the molecule is Cc1ccc(NC(=O)C[S@](=O)CC(=O)NCCCc2ccccc2)cc1C. The molecule has 0 saturated heterocycles. The minimum atomic E-state index is -1.53. The molecule has 6 heteroatoms. The Morgan fingerprint density at radius 3 is 2.33 bits per heavy atom. The van der Waals surface area contributed by atoms with Crippen LogP contribution in [0.3, 0.4) is 0 Å². The van der Waals surface area contributed by atoms with Crippen LogP contribution >= 0.6 is 0 Å². The molecule has 2 aromatic carbocycles. The van der Waals surface area contributed by atoms with E-state index in [4.69, 9.17) is 0 Å². The Morgan fingerprint density at radius 2 is 1.63 bits per heavy atom. The summed E-state index contributed by atoms with van der Waals surface area (Å²) in [6, 6.07) is 15.6. The third-order valence-corrected chi connectivity index (χ3v) is 5.35. The molecule has 0 aliphatic carbocycles. The summed E-state index contributed by atoms with van der Waals surface area (Å²) >= 11 is 0. The number of nitrogens with one attached hydrogen (secondary N) is 2. The van der Waals surface area contributed by atoms with Gasteiger partial charge in [0, 0.05) is 23.0 Å². The fourth-order valence-electron chi connectivity index (χ4n) is 2.58. The Morgan fingerprint density at radius 1 is 0.926 bits per heavy atom. The Balaban J connectivity index is 1.65. The van der Waals surface area contributed by atoms with Gasteiger partial charge in [0.15, 0.2) is 0 Å². The Kier molecular flexibility index (Phi) is 8.20. The van der Waals surface area contributed by atoms with Gasteiger partial charge in [0.2, 0.25) is 11.8 Å². The molecule has 0 spiro atoms. The molecule has 0 fully saturated rings. The Bertz CT molecular complexity index is 806. The van der Waals surface area contributed by atoms with Gasteiger partial charge in [-0.15, -0.1) is 0 Å². The molecule has 2 aromatic rings. The Hall–Kier alpha value is -2.47. The van der Waals surface area contributed by atoms with Gasteiger partial charge in [-0.25, -0.2) is 0 Å². The van der Waals surface area contributed by atoms with Gasteiger partial charge in [0.25, 0.3) is 0 Å². The summed E-state index contributed by atoms with van der Waals surface area (Å²) in [6.07, 6.45) is 1.69. The average Bonchev–Trinajstić information content (AvgIpc) is 2.62. The zero-order chi connectivity index (χ0) is 19.6. The molecule has 27 heavy (non-hydrogen) atoms. The van der Waals surface area contributed by atoms with E-state index in [9.17, 15) is 13.8 Å². The van der Waals surface area contributed by atoms with Crippen LogP contribution in [-0.4, -0.2) is 34.1 Å². The quantitative estimate of drug-likeness (QED) is 0.651. The van der Waals surface area contributed by atoms with E-state index < -0.39 is 10.8 Å². The van der Waals surface area contributed by atoms with Crippen LogP contribution in [-0.2, 0) is 26.8 Å². The maximum atomic E-state index is 12.0. The highest BCUT2D eigenvalue weighted by Crippen LogP contribution is 2.14. The van der Waals surface area contributed by atoms with Crippen LogP contribution in [0, 0.1) is 13.8 Å². The summed E-state index contributed by atoms with van der Waals surface area (Å²) in [4.78, 5) is 23.8. The van der Waals surface area contributed by atoms with E-state index in [0.717, 1.165) is 24.0 Å². The minimum absolute atomic E-state index is 0.161. The van der Waals surface area contributed by atoms with Crippen molar-refractivity contribution in [2.75, 3.05) is 23.4 Å². The molecular weight excluding hydrogens is 360 g/mol. The van der Waals surface area contributed by atoms with Crippen molar-refractivity contribution in [1.82, 2.24) is 5.32 Å². The van der Waals surface area contributed by atoms with Crippen molar-refractivity contribution >= 4 is 28.3 Å². The molecule has 0 bridgehead atoms. The second kappa shape index (κ2) is 10.6. The molecular formula is C21H26N2O3S. The molecule has 0 aromatic heterocycles. The van der Waals surface area contributed by atoms with Crippen LogP contribution in [0.4, 0.5) is 5.69 Å². The number of rotatable bonds is 9. The molecule has 2 N–H and O–H groups in total. The highest BCUT2D eigenvalue weighted by atomic mass is 32.2. The van der Waals surface area contributed by atoms with Crippen molar-refractivity contribution in [1.29, 1.82) is 0 Å². The maximum absolute atomic E-state index is 12.0. The topological polar surface area (TPSA) is 75.3 Å². The minimum Gasteiger partial charge on any atom is -0.355 e.